The van der Waals surface area contributed by atoms with Gasteiger partial charge in [-0.2, -0.15) is 18.4 Å². The summed E-state index contributed by atoms with van der Waals surface area (Å²) in [6.07, 6.45) is -3.25. The van der Waals surface area contributed by atoms with Crippen molar-refractivity contribution in [3.05, 3.63) is 35.8 Å². The molecule has 1 amide bonds. The molecular formula is C15H10F3N5O. The zero-order chi connectivity index (χ0) is 17.3. The van der Waals surface area contributed by atoms with Crippen LogP contribution in [0.2, 0.25) is 0 Å². The first-order valence-corrected chi connectivity index (χ1v) is 6.86. The smallest absolute Gasteiger partial charge is 0.347 e. The summed E-state index contributed by atoms with van der Waals surface area (Å²) in [7, 11) is 0. The van der Waals surface area contributed by atoms with Gasteiger partial charge in [0.2, 0.25) is 5.91 Å². The van der Waals surface area contributed by atoms with E-state index in [1.54, 1.807) is 23.5 Å². The second-order valence-electron chi connectivity index (χ2n) is 5.12. The highest BCUT2D eigenvalue weighted by Crippen LogP contribution is 2.23. The number of alkyl halides is 3. The molecule has 0 saturated heterocycles. The summed E-state index contributed by atoms with van der Waals surface area (Å²) in [4.78, 5) is 22.9. The lowest BCUT2D eigenvalue weighted by Crippen LogP contribution is -2.34. The van der Waals surface area contributed by atoms with Crippen molar-refractivity contribution in [1.29, 1.82) is 5.26 Å². The molecule has 0 radical (unpaired) electrons. The van der Waals surface area contributed by atoms with Gasteiger partial charge in [-0.1, -0.05) is 0 Å². The molecule has 0 aliphatic heterocycles. The monoisotopic (exact) mass is 333 g/mol. The van der Waals surface area contributed by atoms with Gasteiger partial charge >= 0.3 is 6.18 Å². The Morgan fingerprint density at radius 1 is 1.38 bits per heavy atom. The highest BCUT2D eigenvalue weighted by atomic mass is 19.4. The maximum atomic E-state index is 12.1. The number of fused-ring (bicyclic) bond motifs is 3. The van der Waals surface area contributed by atoms with Gasteiger partial charge in [-0.15, -0.1) is 0 Å². The Labute approximate surface area is 133 Å². The summed E-state index contributed by atoms with van der Waals surface area (Å²) in [6.45, 7) is -1.39. The third kappa shape index (κ3) is 3.27. The molecule has 122 valence electrons. The molecule has 0 aliphatic carbocycles. The fourth-order valence-corrected chi connectivity index (χ4v) is 2.28. The number of rotatable bonds is 3. The standard InChI is InChI=1S/C15H10F3N5O/c16-15(17,18)7-21-13(24)4-12-22-11-6-20-10-2-1-8(5-19)3-9(10)14(11)23-12/h1-3,6H,4,7H2,(H,21,24)(H,22,23). The SMILES string of the molecule is N#Cc1ccc2ncc3[nH]c(CC(=O)NCC(F)(F)F)nc3c2c1. The van der Waals surface area contributed by atoms with Gasteiger partial charge in [-0.05, 0) is 18.2 Å². The van der Waals surface area contributed by atoms with Crippen LogP contribution in [-0.4, -0.2) is 33.6 Å². The van der Waals surface area contributed by atoms with E-state index in [1.165, 1.54) is 6.20 Å². The summed E-state index contributed by atoms with van der Waals surface area (Å²) >= 11 is 0. The molecule has 2 N–H and O–H groups in total. The van der Waals surface area contributed by atoms with Crippen LogP contribution in [0.3, 0.4) is 0 Å². The van der Waals surface area contributed by atoms with E-state index >= 15 is 0 Å². The predicted octanol–water partition coefficient (Wildman–Crippen LogP) is 2.20. The van der Waals surface area contributed by atoms with Crippen LogP contribution >= 0.6 is 0 Å². The molecule has 0 atom stereocenters. The summed E-state index contributed by atoms with van der Waals surface area (Å²) in [5, 5.41) is 11.4. The number of hydrogen-bond donors (Lipinski definition) is 2. The number of halogens is 3. The number of nitrogens with one attached hydrogen (secondary N) is 2. The fraction of sp³-hybridized carbons (Fsp3) is 0.200. The first-order chi connectivity index (χ1) is 11.4. The van der Waals surface area contributed by atoms with Gasteiger partial charge < -0.3 is 10.3 Å². The molecule has 0 bridgehead atoms. The van der Waals surface area contributed by atoms with E-state index in [-0.39, 0.29) is 12.2 Å². The highest BCUT2D eigenvalue weighted by molar-refractivity contribution is 6.02. The molecule has 2 aromatic heterocycles. The van der Waals surface area contributed by atoms with Crippen LogP contribution in [0.25, 0.3) is 21.9 Å². The van der Waals surface area contributed by atoms with E-state index in [2.05, 4.69) is 15.0 Å². The minimum atomic E-state index is -4.46. The maximum Gasteiger partial charge on any atom is 0.405 e. The predicted molar refractivity (Wildman–Crippen MR) is 78.9 cm³/mol. The molecular weight excluding hydrogens is 323 g/mol. The van der Waals surface area contributed by atoms with Crippen LogP contribution in [0, 0.1) is 11.3 Å². The molecule has 6 nitrogen and oxygen atoms in total. The van der Waals surface area contributed by atoms with E-state index in [1.807, 2.05) is 6.07 Å². The minimum Gasteiger partial charge on any atom is -0.347 e. The number of aromatic amines is 1. The zero-order valence-electron chi connectivity index (χ0n) is 12.1. The topological polar surface area (TPSA) is 94.5 Å². The Morgan fingerprint density at radius 3 is 2.88 bits per heavy atom. The molecule has 3 rings (SSSR count). The Bertz CT molecular complexity index is 971. The van der Waals surface area contributed by atoms with Crippen molar-refractivity contribution in [3.8, 4) is 6.07 Å². The molecule has 0 unspecified atom stereocenters. The number of pyridine rings is 1. The maximum absolute atomic E-state index is 12.1. The molecule has 9 heteroatoms. The van der Waals surface area contributed by atoms with E-state index in [4.69, 9.17) is 5.26 Å². The number of carbonyl (C=O) groups excluding carboxylic acids is 1. The third-order valence-electron chi connectivity index (χ3n) is 3.31. The average molecular weight is 333 g/mol. The van der Waals surface area contributed by atoms with Crippen molar-refractivity contribution in [2.75, 3.05) is 6.54 Å². The van der Waals surface area contributed by atoms with Crippen molar-refractivity contribution in [2.24, 2.45) is 0 Å². The normalized spacial score (nSPS) is 11.6. The van der Waals surface area contributed by atoms with Gasteiger partial charge in [0, 0.05) is 5.39 Å². The summed E-state index contributed by atoms with van der Waals surface area (Å²) in [5.74, 6) is -0.567. The molecule has 2 heterocycles. The van der Waals surface area contributed by atoms with Gasteiger partial charge in [0.1, 0.15) is 12.4 Å². The van der Waals surface area contributed by atoms with Crippen LogP contribution in [0.5, 0.6) is 0 Å². The lowest BCUT2D eigenvalue weighted by atomic mass is 10.1. The highest BCUT2D eigenvalue weighted by Gasteiger charge is 2.27. The van der Waals surface area contributed by atoms with Crippen molar-refractivity contribution in [2.45, 2.75) is 12.6 Å². The number of nitriles is 1. The number of nitrogens with zero attached hydrogens (tertiary/aromatic N) is 3. The van der Waals surface area contributed by atoms with Gasteiger partial charge in [0.15, 0.2) is 0 Å². The molecule has 0 spiro atoms. The Hall–Kier alpha value is -3.15. The van der Waals surface area contributed by atoms with Crippen molar-refractivity contribution >= 4 is 27.8 Å². The Morgan fingerprint density at radius 2 is 2.17 bits per heavy atom. The third-order valence-corrected chi connectivity index (χ3v) is 3.31. The van der Waals surface area contributed by atoms with Crippen LogP contribution in [0.4, 0.5) is 13.2 Å². The lowest BCUT2D eigenvalue weighted by molar-refractivity contribution is -0.138. The van der Waals surface area contributed by atoms with E-state index in [0.717, 1.165) is 0 Å². The Balaban J connectivity index is 1.90. The Kier molecular flexibility index (Phi) is 3.81. The molecule has 0 saturated carbocycles. The lowest BCUT2D eigenvalue weighted by Gasteiger charge is -2.07. The van der Waals surface area contributed by atoms with E-state index in [9.17, 15) is 18.0 Å². The number of carbonyl (C=O) groups is 1. The van der Waals surface area contributed by atoms with Crippen molar-refractivity contribution in [1.82, 2.24) is 20.3 Å². The van der Waals surface area contributed by atoms with Crippen LogP contribution in [0.1, 0.15) is 11.4 Å². The second-order valence-corrected chi connectivity index (χ2v) is 5.12. The average Bonchev–Trinajstić information content (AvgIpc) is 2.94. The zero-order valence-corrected chi connectivity index (χ0v) is 12.1. The molecule has 0 fully saturated rings. The largest absolute Gasteiger partial charge is 0.405 e. The number of H-pyrrole nitrogens is 1. The van der Waals surface area contributed by atoms with Crippen LogP contribution < -0.4 is 5.32 Å². The minimum absolute atomic E-state index is 0.223. The van der Waals surface area contributed by atoms with Gasteiger partial charge in [-0.3, -0.25) is 9.78 Å². The molecule has 1 aromatic carbocycles. The van der Waals surface area contributed by atoms with Crippen LogP contribution in [-0.2, 0) is 11.2 Å². The first-order valence-electron chi connectivity index (χ1n) is 6.86. The molecule has 0 aliphatic rings. The van der Waals surface area contributed by atoms with Crippen LogP contribution in [0.15, 0.2) is 24.4 Å². The quantitative estimate of drug-likeness (QED) is 0.768. The van der Waals surface area contributed by atoms with E-state index < -0.39 is 18.6 Å². The van der Waals surface area contributed by atoms with Gasteiger partial charge in [-0.25, -0.2) is 4.98 Å². The molecule has 24 heavy (non-hydrogen) atoms. The number of hydrogen-bond acceptors (Lipinski definition) is 4. The summed E-state index contributed by atoms with van der Waals surface area (Å²) in [6, 6.07) is 6.94. The number of benzene rings is 1. The van der Waals surface area contributed by atoms with Gasteiger partial charge in [0.05, 0.1) is 40.8 Å². The second kappa shape index (κ2) is 5.81. The summed E-state index contributed by atoms with van der Waals surface area (Å²) in [5.41, 5.74) is 2.11. The molecule has 3 aromatic rings. The first kappa shape index (κ1) is 15.7. The number of imidazole rings is 1. The van der Waals surface area contributed by atoms with Gasteiger partial charge in [0.25, 0.3) is 0 Å². The van der Waals surface area contributed by atoms with Crippen molar-refractivity contribution < 1.29 is 18.0 Å². The number of aromatic nitrogens is 3. The fourth-order valence-electron chi connectivity index (χ4n) is 2.28. The summed E-state index contributed by atoms with van der Waals surface area (Å²) < 4.78 is 36.3. The van der Waals surface area contributed by atoms with E-state index in [0.29, 0.717) is 27.5 Å². The number of amides is 1. The van der Waals surface area contributed by atoms with Crippen molar-refractivity contribution in [3.63, 3.8) is 0 Å².